The van der Waals surface area contributed by atoms with E-state index in [1.54, 1.807) is 4.90 Å². The third-order valence-corrected chi connectivity index (χ3v) is 4.75. The van der Waals surface area contributed by atoms with E-state index >= 15 is 0 Å². The first-order chi connectivity index (χ1) is 12.5. The van der Waals surface area contributed by atoms with E-state index in [9.17, 15) is 9.59 Å². The number of amides is 2. The van der Waals surface area contributed by atoms with Gasteiger partial charge >= 0.3 is 0 Å². The summed E-state index contributed by atoms with van der Waals surface area (Å²) in [6.07, 6.45) is 1.68. The number of nitrogens with one attached hydrogen (secondary N) is 1. The normalized spacial score (nSPS) is 17.8. The van der Waals surface area contributed by atoms with Gasteiger partial charge in [-0.15, -0.1) is 12.4 Å². The van der Waals surface area contributed by atoms with Crippen molar-refractivity contribution in [3.05, 3.63) is 65.7 Å². The van der Waals surface area contributed by atoms with Crippen molar-refractivity contribution in [2.75, 3.05) is 11.4 Å². The number of carbonyl (C=O) groups excluding carboxylic acids is 2. The number of benzene rings is 2. The number of nitrogens with two attached hydrogens (primary N) is 1. The molecule has 2 aromatic carbocycles. The molecule has 6 heteroatoms. The molecule has 2 amide bonds. The molecule has 0 bridgehead atoms. The highest BCUT2D eigenvalue weighted by Crippen LogP contribution is 2.22. The topological polar surface area (TPSA) is 75.4 Å². The summed E-state index contributed by atoms with van der Waals surface area (Å²) in [6.45, 7) is 2.69. The molecule has 144 valence electrons. The van der Waals surface area contributed by atoms with Crippen LogP contribution >= 0.6 is 12.4 Å². The molecule has 5 nitrogen and oxygen atoms in total. The summed E-state index contributed by atoms with van der Waals surface area (Å²) >= 11 is 0. The van der Waals surface area contributed by atoms with Crippen LogP contribution < -0.4 is 16.0 Å². The van der Waals surface area contributed by atoms with Gasteiger partial charge in [-0.05, 0) is 37.5 Å². The second kappa shape index (κ2) is 9.53. The zero-order valence-electron chi connectivity index (χ0n) is 15.4. The van der Waals surface area contributed by atoms with E-state index in [4.69, 9.17) is 5.73 Å². The van der Waals surface area contributed by atoms with Gasteiger partial charge < -0.3 is 16.0 Å². The molecule has 0 saturated carbocycles. The van der Waals surface area contributed by atoms with E-state index < -0.39 is 6.04 Å². The largest absolute Gasteiger partial charge is 0.344 e. The maximum Gasteiger partial charge on any atom is 0.249 e. The number of carbonyl (C=O) groups is 2. The zero-order valence-corrected chi connectivity index (χ0v) is 16.2. The van der Waals surface area contributed by atoms with Gasteiger partial charge in [-0.25, -0.2) is 0 Å². The first-order valence-corrected chi connectivity index (χ1v) is 9.02. The first kappa shape index (κ1) is 20.9. The molecule has 3 rings (SSSR count). The Balaban J connectivity index is 0.00000261. The Morgan fingerprint density at radius 1 is 1.19 bits per heavy atom. The third kappa shape index (κ3) is 5.31. The lowest BCUT2D eigenvalue weighted by Crippen LogP contribution is -2.52. The van der Waals surface area contributed by atoms with Gasteiger partial charge in [-0.2, -0.15) is 0 Å². The van der Waals surface area contributed by atoms with Crippen molar-refractivity contribution in [1.29, 1.82) is 0 Å². The molecule has 1 heterocycles. The number of anilines is 1. The number of hydrogen-bond acceptors (Lipinski definition) is 3. The van der Waals surface area contributed by atoms with Gasteiger partial charge in [0, 0.05) is 24.7 Å². The number of rotatable bonds is 5. The van der Waals surface area contributed by atoms with Crippen molar-refractivity contribution in [1.82, 2.24) is 5.32 Å². The van der Waals surface area contributed by atoms with Crippen LogP contribution in [0.3, 0.4) is 0 Å². The molecule has 2 atom stereocenters. The third-order valence-electron chi connectivity index (χ3n) is 4.75. The molecule has 1 aliphatic rings. The Labute approximate surface area is 166 Å². The molecule has 1 saturated heterocycles. The Morgan fingerprint density at radius 3 is 2.52 bits per heavy atom. The average molecular weight is 388 g/mol. The van der Waals surface area contributed by atoms with E-state index in [1.165, 1.54) is 0 Å². The number of halogens is 1. The summed E-state index contributed by atoms with van der Waals surface area (Å²) in [7, 11) is 0. The molecule has 0 aromatic heterocycles. The molecule has 0 radical (unpaired) electrons. The Hall–Kier alpha value is -2.37. The van der Waals surface area contributed by atoms with Crippen molar-refractivity contribution in [2.24, 2.45) is 5.73 Å². The van der Waals surface area contributed by atoms with Crippen LogP contribution in [0.1, 0.15) is 36.4 Å². The fraction of sp³-hybridized carbons (Fsp3) is 0.333. The number of piperidine rings is 1. The summed E-state index contributed by atoms with van der Waals surface area (Å²) in [5.41, 5.74) is 9.05. The SMILES string of the molecule is Cc1ccc(N2CCCC(NC(=O)CC(N)c3ccccc3)C2=O)cc1.Cl. The van der Waals surface area contributed by atoms with Crippen molar-refractivity contribution >= 4 is 29.9 Å². The zero-order chi connectivity index (χ0) is 18.5. The summed E-state index contributed by atoms with van der Waals surface area (Å²) in [5, 5.41) is 2.87. The minimum Gasteiger partial charge on any atom is -0.344 e. The van der Waals surface area contributed by atoms with Crippen LogP contribution in [0.4, 0.5) is 5.69 Å². The van der Waals surface area contributed by atoms with Gasteiger partial charge in [0.05, 0.1) is 0 Å². The molecule has 27 heavy (non-hydrogen) atoms. The Morgan fingerprint density at radius 2 is 1.85 bits per heavy atom. The van der Waals surface area contributed by atoms with Gasteiger partial charge in [0.2, 0.25) is 11.8 Å². The molecule has 0 spiro atoms. The van der Waals surface area contributed by atoms with Crippen molar-refractivity contribution in [3.8, 4) is 0 Å². The molecule has 0 aliphatic carbocycles. The van der Waals surface area contributed by atoms with Crippen LogP contribution in [0, 0.1) is 6.92 Å². The van der Waals surface area contributed by atoms with Crippen molar-refractivity contribution in [2.45, 2.75) is 38.3 Å². The molecular formula is C21H26ClN3O2. The van der Waals surface area contributed by atoms with E-state index in [-0.39, 0.29) is 36.7 Å². The predicted molar refractivity (Wildman–Crippen MR) is 110 cm³/mol. The monoisotopic (exact) mass is 387 g/mol. The summed E-state index contributed by atoms with van der Waals surface area (Å²) in [5.74, 6) is -0.243. The molecule has 2 unspecified atom stereocenters. The number of aryl methyl sites for hydroxylation is 1. The average Bonchev–Trinajstić information content (AvgIpc) is 2.65. The number of nitrogens with zero attached hydrogens (tertiary/aromatic N) is 1. The van der Waals surface area contributed by atoms with Crippen LogP contribution in [-0.4, -0.2) is 24.4 Å². The van der Waals surface area contributed by atoms with Crippen LogP contribution in [0.2, 0.25) is 0 Å². The quantitative estimate of drug-likeness (QED) is 0.827. The van der Waals surface area contributed by atoms with E-state index in [1.807, 2.05) is 61.5 Å². The molecule has 3 N–H and O–H groups in total. The molecule has 2 aromatic rings. The van der Waals surface area contributed by atoms with Crippen LogP contribution in [0.25, 0.3) is 0 Å². The van der Waals surface area contributed by atoms with E-state index in [0.29, 0.717) is 13.0 Å². The molecular weight excluding hydrogens is 362 g/mol. The van der Waals surface area contributed by atoms with Gasteiger partial charge in [-0.1, -0.05) is 48.0 Å². The second-order valence-electron chi connectivity index (χ2n) is 6.81. The van der Waals surface area contributed by atoms with Crippen molar-refractivity contribution in [3.63, 3.8) is 0 Å². The Kier molecular flexibility index (Phi) is 7.39. The minimum absolute atomic E-state index is 0. The summed E-state index contributed by atoms with van der Waals surface area (Å²) in [4.78, 5) is 26.9. The van der Waals surface area contributed by atoms with Crippen molar-refractivity contribution < 1.29 is 9.59 Å². The number of hydrogen-bond donors (Lipinski definition) is 2. The van der Waals surface area contributed by atoms with Gasteiger partial charge in [0.1, 0.15) is 6.04 Å². The van der Waals surface area contributed by atoms with Gasteiger partial charge in [0.25, 0.3) is 0 Å². The van der Waals surface area contributed by atoms with E-state index in [2.05, 4.69) is 5.32 Å². The lowest BCUT2D eigenvalue weighted by atomic mass is 10.0. The highest BCUT2D eigenvalue weighted by molar-refractivity contribution is 5.99. The molecule has 1 aliphatic heterocycles. The van der Waals surface area contributed by atoms with Crippen LogP contribution in [-0.2, 0) is 9.59 Å². The van der Waals surface area contributed by atoms with Crippen LogP contribution in [0.5, 0.6) is 0 Å². The highest BCUT2D eigenvalue weighted by atomic mass is 35.5. The summed E-state index contributed by atoms with van der Waals surface area (Å²) < 4.78 is 0. The lowest BCUT2D eigenvalue weighted by molar-refractivity contribution is -0.128. The van der Waals surface area contributed by atoms with Gasteiger partial charge in [-0.3, -0.25) is 9.59 Å². The standard InChI is InChI=1S/C21H25N3O2.ClH/c1-15-9-11-17(12-10-15)24-13-5-8-19(21(24)26)23-20(25)14-18(22)16-6-3-2-4-7-16;/h2-4,6-7,9-12,18-19H,5,8,13-14,22H2,1H3,(H,23,25);1H. The fourth-order valence-corrected chi connectivity index (χ4v) is 3.26. The first-order valence-electron chi connectivity index (χ1n) is 9.02. The smallest absolute Gasteiger partial charge is 0.249 e. The summed E-state index contributed by atoms with van der Waals surface area (Å²) in [6, 6.07) is 16.5. The lowest BCUT2D eigenvalue weighted by Gasteiger charge is -2.33. The van der Waals surface area contributed by atoms with Crippen LogP contribution in [0.15, 0.2) is 54.6 Å². The van der Waals surface area contributed by atoms with Gasteiger partial charge in [0.15, 0.2) is 0 Å². The predicted octanol–water partition coefficient (Wildman–Crippen LogP) is 3.12. The van der Waals surface area contributed by atoms with E-state index in [0.717, 1.165) is 23.2 Å². The molecule has 1 fully saturated rings. The maximum atomic E-state index is 12.8. The highest BCUT2D eigenvalue weighted by Gasteiger charge is 2.31. The fourth-order valence-electron chi connectivity index (χ4n) is 3.26. The second-order valence-corrected chi connectivity index (χ2v) is 6.81. The maximum absolute atomic E-state index is 12.8. The Bertz CT molecular complexity index is 765. The minimum atomic E-state index is -0.486.